The van der Waals surface area contributed by atoms with Gasteiger partial charge in [0, 0.05) is 42.5 Å². The highest BCUT2D eigenvalue weighted by Gasteiger charge is 2.21. The number of ether oxygens (including phenoxy) is 1. The predicted octanol–water partition coefficient (Wildman–Crippen LogP) is 3.36. The Labute approximate surface area is 192 Å². The highest BCUT2D eigenvalue weighted by Crippen LogP contribution is 2.30. The van der Waals surface area contributed by atoms with E-state index in [2.05, 4.69) is 31.8 Å². The number of hydrogen-bond donors (Lipinski definition) is 1. The number of piperazine rings is 1. The molecule has 3 aromatic rings. The van der Waals surface area contributed by atoms with Gasteiger partial charge in [0.1, 0.15) is 10.6 Å². The summed E-state index contributed by atoms with van der Waals surface area (Å²) in [4.78, 5) is 4.46. The molecule has 2 heterocycles. The molecule has 1 aliphatic rings. The van der Waals surface area contributed by atoms with Crippen LogP contribution in [0.25, 0.3) is 11.3 Å². The molecule has 0 saturated carbocycles. The first-order valence-electron chi connectivity index (χ1n) is 10.1. The van der Waals surface area contributed by atoms with Crippen LogP contribution in [0.5, 0.6) is 5.75 Å². The fraction of sp³-hybridized carbons (Fsp3) is 0.273. The van der Waals surface area contributed by atoms with E-state index in [1.807, 2.05) is 18.2 Å². The highest BCUT2D eigenvalue weighted by atomic mass is 35.5. The maximum Gasteiger partial charge on any atom is 0.265 e. The minimum Gasteiger partial charge on any atom is -0.495 e. The Morgan fingerprint density at radius 2 is 1.78 bits per heavy atom. The van der Waals surface area contributed by atoms with E-state index in [9.17, 15) is 8.42 Å². The van der Waals surface area contributed by atoms with Crippen LogP contribution in [0.4, 0.5) is 11.5 Å². The van der Waals surface area contributed by atoms with Crippen molar-refractivity contribution in [2.24, 2.45) is 0 Å². The molecule has 1 N–H and O–H groups in total. The first kappa shape index (κ1) is 22.3. The van der Waals surface area contributed by atoms with Crippen LogP contribution in [-0.2, 0) is 10.0 Å². The van der Waals surface area contributed by atoms with Gasteiger partial charge in [0.2, 0.25) is 0 Å². The summed E-state index contributed by atoms with van der Waals surface area (Å²) < 4.78 is 33.6. The van der Waals surface area contributed by atoms with Gasteiger partial charge in [-0.1, -0.05) is 23.7 Å². The molecule has 8 nitrogen and oxygen atoms in total. The molecule has 0 amide bonds. The van der Waals surface area contributed by atoms with Crippen LogP contribution in [0.2, 0.25) is 5.02 Å². The third-order valence-electron chi connectivity index (χ3n) is 5.30. The monoisotopic (exact) mass is 473 g/mol. The maximum atomic E-state index is 12.9. The number of nitrogens with one attached hydrogen (secondary N) is 1. The van der Waals surface area contributed by atoms with E-state index >= 15 is 0 Å². The second-order valence-electron chi connectivity index (χ2n) is 7.55. The van der Waals surface area contributed by atoms with Gasteiger partial charge >= 0.3 is 0 Å². The van der Waals surface area contributed by atoms with Crippen molar-refractivity contribution in [3.63, 3.8) is 0 Å². The van der Waals surface area contributed by atoms with Gasteiger partial charge in [0.25, 0.3) is 10.0 Å². The van der Waals surface area contributed by atoms with Crippen LogP contribution < -0.4 is 14.4 Å². The van der Waals surface area contributed by atoms with Gasteiger partial charge in [-0.2, -0.15) is 0 Å². The number of anilines is 2. The Morgan fingerprint density at radius 3 is 2.47 bits per heavy atom. The summed E-state index contributed by atoms with van der Waals surface area (Å²) in [5, 5.41) is 9.04. The van der Waals surface area contributed by atoms with Crippen molar-refractivity contribution in [1.82, 2.24) is 15.1 Å². The van der Waals surface area contributed by atoms with E-state index in [1.165, 1.54) is 19.2 Å². The van der Waals surface area contributed by atoms with Crippen LogP contribution in [0.1, 0.15) is 0 Å². The minimum absolute atomic E-state index is 0.0331. The van der Waals surface area contributed by atoms with Gasteiger partial charge in [-0.25, -0.2) is 8.42 Å². The summed E-state index contributed by atoms with van der Waals surface area (Å²) in [6.45, 7) is 3.80. The number of likely N-dealkylation sites (N-methyl/N-ethyl adjacent to an activating group) is 1. The molecule has 32 heavy (non-hydrogen) atoms. The van der Waals surface area contributed by atoms with Crippen LogP contribution >= 0.6 is 11.6 Å². The van der Waals surface area contributed by atoms with Crippen molar-refractivity contribution in [3.05, 3.63) is 59.6 Å². The second kappa shape index (κ2) is 9.32. The molecule has 1 aromatic heterocycles. The van der Waals surface area contributed by atoms with Crippen LogP contribution in [0.15, 0.2) is 59.5 Å². The van der Waals surface area contributed by atoms with E-state index in [-0.39, 0.29) is 10.6 Å². The van der Waals surface area contributed by atoms with Gasteiger partial charge in [0.05, 0.1) is 12.8 Å². The van der Waals surface area contributed by atoms with Crippen molar-refractivity contribution in [3.8, 4) is 17.0 Å². The molecule has 0 atom stereocenters. The zero-order chi connectivity index (χ0) is 22.7. The Hall–Kier alpha value is -2.88. The minimum atomic E-state index is -3.91. The van der Waals surface area contributed by atoms with E-state index in [0.29, 0.717) is 16.4 Å². The zero-order valence-corrected chi connectivity index (χ0v) is 19.4. The van der Waals surface area contributed by atoms with E-state index in [4.69, 9.17) is 16.3 Å². The Morgan fingerprint density at radius 1 is 1.00 bits per heavy atom. The summed E-state index contributed by atoms with van der Waals surface area (Å²) in [6, 6.07) is 15.3. The van der Waals surface area contributed by atoms with Crippen LogP contribution in [0, 0.1) is 0 Å². The van der Waals surface area contributed by atoms with Gasteiger partial charge in [-0.05, 0) is 49.5 Å². The number of nitrogens with zero attached hydrogens (tertiary/aromatic N) is 4. The lowest BCUT2D eigenvalue weighted by molar-refractivity contribution is 0.312. The molecule has 1 fully saturated rings. The van der Waals surface area contributed by atoms with Crippen LogP contribution in [-0.4, -0.2) is 63.9 Å². The van der Waals surface area contributed by atoms with E-state index < -0.39 is 10.0 Å². The van der Waals surface area contributed by atoms with Gasteiger partial charge in [0.15, 0.2) is 5.82 Å². The summed E-state index contributed by atoms with van der Waals surface area (Å²) >= 11 is 6.00. The number of hydrogen-bond acceptors (Lipinski definition) is 7. The third-order valence-corrected chi connectivity index (χ3v) is 6.94. The molecule has 1 aliphatic heterocycles. The topological polar surface area (TPSA) is 87.7 Å². The molecule has 0 aliphatic carbocycles. The smallest absolute Gasteiger partial charge is 0.265 e. The Balaban J connectivity index is 1.54. The molecule has 0 spiro atoms. The molecular formula is C22H24ClN5O3S. The normalized spacial score (nSPS) is 14.9. The van der Waals surface area contributed by atoms with Gasteiger partial charge < -0.3 is 14.5 Å². The van der Waals surface area contributed by atoms with Crippen molar-refractivity contribution >= 4 is 33.1 Å². The Kier molecular flexibility index (Phi) is 6.50. The van der Waals surface area contributed by atoms with E-state index in [0.717, 1.165) is 37.6 Å². The number of methoxy groups -OCH3 is 1. The zero-order valence-electron chi connectivity index (χ0n) is 17.8. The molecule has 168 valence electrons. The fourth-order valence-electron chi connectivity index (χ4n) is 3.50. The molecular weight excluding hydrogens is 450 g/mol. The number of rotatable bonds is 6. The van der Waals surface area contributed by atoms with Crippen LogP contribution in [0.3, 0.4) is 0 Å². The molecule has 0 bridgehead atoms. The molecule has 1 saturated heterocycles. The highest BCUT2D eigenvalue weighted by molar-refractivity contribution is 7.92. The lowest BCUT2D eigenvalue weighted by Gasteiger charge is -2.32. The summed E-state index contributed by atoms with van der Waals surface area (Å²) in [6.07, 6.45) is 0. The number of sulfonamides is 1. The predicted molar refractivity (Wildman–Crippen MR) is 126 cm³/mol. The fourth-order valence-corrected chi connectivity index (χ4v) is 4.98. The number of benzene rings is 2. The maximum absolute atomic E-state index is 12.9. The molecule has 10 heteroatoms. The third kappa shape index (κ3) is 4.95. The van der Waals surface area contributed by atoms with Crippen molar-refractivity contribution in [2.75, 3.05) is 50.0 Å². The average molecular weight is 474 g/mol. The second-order valence-corrected chi connectivity index (χ2v) is 9.64. The summed E-state index contributed by atoms with van der Waals surface area (Å²) in [5.74, 6) is 1.05. The number of halogens is 1. The molecule has 2 aromatic carbocycles. The molecule has 0 unspecified atom stereocenters. The summed E-state index contributed by atoms with van der Waals surface area (Å²) in [5.41, 5.74) is 1.81. The summed E-state index contributed by atoms with van der Waals surface area (Å²) in [7, 11) is -0.392. The molecule has 0 radical (unpaired) electrons. The standard InChI is InChI=1S/C22H24ClN5O3S/c1-27-10-12-28(13-11-27)22-9-7-19(24-25-22)16-4-3-5-18(14-16)26-32(29,30)21-15-17(23)6-8-20(21)31-2/h3-9,14-15,26H,10-13H2,1-2H3. The number of aromatic nitrogens is 2. The first-order valence-corrected chi connectivity index (χ1v) is 12.0. The van der Waals surface area contributed by atoms with Gasteiger partial charge in [-0.15, -0.1) is 10.2 Å². The van der Waals surface area contributed by atoms with Gasteiger partial charge in [-0.3, -0.25) is 4.72 Å². The largest absolute Gasteiger partial charge is 0.495 e. The molecule has 4 rings (SSSR count). The quantitative estimate of drug-likeness (QED) is 0.587. The van der Waals surface area contributed by atoms with Crippen molar-refractivity contribution < 1.29 is 13.2 Å². The van der Waals surface area contributed by atoms with Crippen molar-refractivity contribution in [1.29, 1.82) is 0 Å². The first-order chi connectivity index (χ1) is 15.4. The SMILES string of the molecule is COc1ccc(Cl)cc1S(=O)(=O)Nc1cccc(-c2ccc(N3CCN(C)CC3)nn2)c1. The average Bonchev–Trinajstić information content (AvgIpc) is 2.79. The van der Waals surface area contributed by atoms with E-state index in [1.54, 1.807) is 24.3 Å². The lowest BCUT2D eigenvalue weighted by Crippen LogP contribution is -2.44. The lowest BCUT2D eigenvalue weighted by atomic mass is 10.1. The Bertz CT molecular complexity index is 1200. The van der Waals surface area contributed by atoms with Crippen molar-refractivity contribution in [2.45, 2.75) is 4.90 Å².